The molecule has 1 aliphatic heterocycles. The summed E-state index contributed by atoms with van der Waals surface area (Å²) in [7, 11) is -0.539. The summed E-state index contributed by atoms with van der Waals surface area (Å²) >= 11 is 0. The molecule has 20 heavy (non-hydrogen) atoms. The fourth-order valence-corrected chi connectivity index (χ4v) is 4.40. The lowest BCUT2D eigenvalue weighted by molar-refractivity contribution is 1.16. The van der Waals surface area contributed by atoms with Crippen LogP contribution in [0.4, 0.5) is 0 Å². The van der Waals surface area contributed by atoms with Crippen molar-refractivity contribution >= 4 is 10.9 Å². The quantitative estimate of drug-likeness (QED) is 0.781. The van der Waals surface area contributed by atoms with Gasteiger partial charge in [0.1, 0.15) is 0 Å². The summed E-state index contributed by atoms with van der Waals surface area (Å²) in [4.78, 5) is 2.72. The first-order valence-electron chi connectivity index (χ1n) is 6.65. The number of nitrogens with one attached hydrogen (secondary N) is 1. The SMILES string of the molecule is C1=CC=C([SH](c2ccccc2)c2ccccc2)NC=C1. The molecule has 0 bridgehead atoms. The van der Waals surface area contributed by atoms with Crippen molar-refractivity contribution in [2.24, 2.45) is 0 Å². The largest absolute Gasteiger partial charge is 0.357 e. The Bertz CT molecular complexity index is 602. The standard InChI is InChI=1S/C18H17NS/c1-4-10-16(11-5-1)20(17-12-6-2-7-13-17)18-14-8-3-9-15-19-18/h1-15,19-20H. The molecule has 2 aromatic carbocycles. The smallest absolute Gasteiger partial charge is 0.0603 e. The zero-order valence-electron chi connectivity index (χ0n) is 11.1. The zero-order chi connectivity index (χ0) is 13.6. The molecule has 0 spiro atoms. The summed E-state index contributed by atoms with van der Waals surface area (Å²) in [6, 6.07) is 21.4. The van der Waals surface area contributed by atoms with E-state index in [4.69, 9.17) is 0 Å². The fourth-order valence-electron chi connectivity index (χ4n) is 2.17. The zero-order valence-corrected chi connectivity index (χ0v) is 12.0. The van der Waals surface area contributed by atoms with E-state index in [0.29, 0.717) is 0 Å². The number of thiol groups is 1. The molecule has 0 aliphatic carbocycles. The Morgan fingerprint density at radius 2 is 1.25 bits per heavy atom. The lowest BCUT2D eigenvalue weighted by atomic mass is 10.4. The summed E-state index contributed by atoms with van der Waals surface area (Å²) < 4.78 is 0. The van der Waals surface area contributed by atoms with Crippen molar-refractivity contribution in [1.29, 1.82) is 0 Å². The van der Waals surface area contributed by atoms with Crippen LogP contribution in [0.1, 0.15) is 0 Å². The minimum Gasteiger partial charge on any atom is -0.357 e. The summed E-state index contributed by atoms with van der Waals surface area (Å²) in [5, 5.41) is 4.68. The van der Waals surface area contributed by atoms with Gasteiger partial charge in [0.15, 0.2) is 0 Å². The topological polar surface area (TPSA) is 12.0 Å². The molecule has 1 aliphatic rings. The minimum absolute atomic E-state index is 0.539. The third-order valence-electron chi connectivity index (χ3n) is 3.07. The first-order chi connectivity index (χ1) is 9.95. The van der Waals surface area contributed by atoms with E-state index < -0.39 is 10.9 Å². The van der Waals surface area contributed by atoms with E-state index in [1.165, 1.54) is 14.8 Å². The van der Waals surface area contributed by atoms with Crippen LogP contribution in [0.15, 0.2) is 106 Å². The predicted molar refractivity (Wildman–Crippen MR) is 87.9 cm³/mol. The van der Waals surface area contributed by atoms with E-state index in [1.807, 2.05) is 18.4 Å². The second-order valence-electron chi connectivity index (χ2n) is 4.45. The Hall–Kier alpha value is -2.19. The van der Waals surface area contributed by atoms with Crippen molar-refractivity contribution < 1.29 is 0 Å². The Morgan fingerprint density at radius 3 is 1.85 bits per heavy atom. The third kappa shape index (κ3) is 2.86. The van der Waals surface area contributed by atoms with Crippen LogP contribution in [0.2, 0.25) is 0 Å². The summed E-state index contributed by atoms with van der Waals surface area (Å²) in [6.45, 7) is 0. The highest BCUT2D eigenvalue weighted by Crippen LogP contribution is 2.49. The minimum atomic E-state index is -0.539. The van der Waals surface area contributed by atoms with Crippen molar-refractivity contribution in [3.05, 3.63) is 96.2 Å². The van der Waals surface area contributed by atoms with Gasteiger partial charge in [-0.3, -0.25) is 0 Å². The number of allylic oxidation sites excluding steroid dienone is 4. The molecule has 1 nitrogen and oxygen atoms in total. The lowest BCUT2D eigenvalue weighted by Gasteiger charge is -2.25. The Kier molecular flexibility index (Phi) is 4.04. The lowest BCUT2D eigenvalue weighted by Crippen LogP contribution is -2.05. The van der Waals surface area contributed by atoms with Crippen LogP contribution in [-0.4, -0.2) is 0 Å². The van der Waals surface area contributed by atoms with Gasteiger partial charge in [0.05, 0.1) is 5.03 Å². The molecular formula is C18H17NS. The van der Waals surface area contributed by atoms with Crippen LogP contribution >= 0.6 is 10.9 Å². The molecule has 0 fully saturated rings. The second-order valence-corrected chi connectivity index (χ2v) is 6.63. The Labute approximate surface area is 122 Å². The van der Waals surface area contributed by atoms with E-state index >= 15 is 0 Å². The van der Waals surface area contributed by atoms with Crippen molar-refractivity contribution in [2.45, 2.75) is 9.79 Å². The third-order valence-corrected chi connectivity index (χ3v) is 5.46. The molecule has 100 valence electrons. The molecule has 0 aromatic heterocycles. The molecule has 3 rings (SSSR count). The molecule has 0 unspecified atom stereocenters. The van der Waals surface area contributed by atoms with E-state index in [-0.39, 0.29) is 0 Å². The Morgan fingerprint density at radius 1 is 0.650 bits per heavy atom. The number of rotatable bonds is 3. The van der Waals surface area contributed by atoms with Gasteiger partial charge >= 0.3 is 0 Å². The molecular weight excluding hydrogens is 262 g/mol. The highest BCUT2D eigenvalue weighted by molar-refractivity contribution is 8.20. The summed E-state index contributed by atoms with van der Waals surface area (Å²) in [5.74, 6) is 0. The molecule has 2 aromatic rings. The van der Waals surface area contributed by atoms with Gasteiger partial charge in [-0.05, 0) is 46.2 Å². The fraction of sp³-hybridized carbons (Fsp3) is 0. The summed E-state index contributed by atoms with van der Waals surface area (Å²) in [6.07, 6.45) is 10.3. The van der Waals surface area contributed by atoms with E-state index in [2.05, 4.69) is 78.1 Å². The van der Waals surface area contributed by atoms with Gasteiger partial charge in [-0.2, -0.15) is 10.9 Å². The highest BCUT2D eigenvalue weighted by Gasteiger charge is 2.13. The maximum Gasteiger partial charge on any atom is 0.0603 e. The second kappa shape index (κ2) is 6.31. The van der Waals surface area contributed by atoms with Crippen LogP contribution in [0, 0.1) is 0 Å². The van der Waals surface area contributed by atoms with Gasteiger partial charge in [-0.1, -0.05) is 48.6 Å². The average Bonchev–Trinajstić information content (AvgIpc) is 2.79. The monoisotopic (exact) mass is 279 g/mol. The van der Waals surface area contributed by atoms with Crippen molar-refractivity contribution in [2.75, 3.05) is 0 Å². The molecule has 1 N–H and O–H groups in total. The Balaban J connectivity index is 2.07. The number of hydrogen-bond acceptors (Lipinski definition) is 1. The van der Waals surface area contributed by atoms with Crippen LogP contribution in [0.5, 0.6) is 0 Å². The first-order valence-corrected chi connectivity index (χ1v) is 7.99. The van der Waals surface area contributed by atoms with Crippen LogP contribution in [0.3, 0.4) is 0 Å². The number of hydrogen-bond donors (Lipinski definition) is 2. The van der Waals surface area contributed by atoms with E-state index in [0.717, 1.165) is 0 Å². The van der Waals surface area contributed by atoms with Gasteiger partial charge in [-0.15, -0.1) is 0 Å². The summed E-state index contributed by atoms with van der Waals surface area (Å²) in [5.41, 5.74) is 0. The first kappa shape index (κ1) is 12.8. The molecule has 0 saturated carbocycles. The van der Waals surface area contributed by atoms with Gasteiger partial charge in [0.25, 0.3) is 0 Å². The van der Waals surface area contributed by atoms with Crippen molar-refractivity contribution in [1.82, 2.24) is 5.32 Å². The molecule has 2 heteroatoms. The maximum absolute atomic E-state index is 3.43. The molecule has 1 heterocycles. The van der Waals surface area contributed by atoms with Gasteiger partial charge in [-0.25, -0.2) is 0 Å². The molecule has 0 radical (unpaired) electrons. The maximum atomic E-state index is 3.43. The predicted octanol–water partition coefficient (Wildman–Crippen LogP) is 4.62. The van der Waals surface area contributed by atoms with Crippen LogP contribution < -0.4 is 5.32 Å². The van der Waals surface area contributed by atoms with Gasteiger partial charge in [0.2, 0.25) is 0 Å². The van der Waals surface area contributed by atoms with Crippen LogP contribution in [-0.2, 0) is 0 Å². The van der Waals surface area contributed by atoms with Crippen LogP contribution in [0.25, 0.3) is 0 Å². The highest BCUT2D eigenvalue weighted by atomic mass is 32.2. The van der Waals surface area contributed by atoms with Gasteiger partial charge in [0, 0.05) is 6.20 Å². The van der Waals surface area contributed by atoms with Gasteiger partial charge < -0.3 is 5.32 Å². The molecule has 0 amide bonds. The normalized spacial score (nSPS) is 14.2. The molecule has 0 atom stereocenters. The molecule has 0 saturated heterocycles. The van der Waals surface area contributed by atoms with Crippen molar-refractivity contribution in [3.8, 4) is 0 Å². The van der Waals surface area contributed by atoms with E-state index in [9.17, 15) is 0 Å². The number of benzene rings is 2. The average molecular weight is 279 g/mol. The van der Waals surface area contributed by atoms with E-state index in [1.54, 1.807) is 0 Å². The van der Waals surface area contributed by atoms with Crippen molar-refractivity contribution in [3.63, 3.8) is 0 Å².